The molecule has 3 heterocycles. The lowest BCUT2D eigenvalue weighted by molar-refractivity contribution is -0.139. The minimum absolute atomic E-state index is 0.0881. The Hall–Kier alpha value is -1.89. The maximum absolute atomic E-state index is 12.7. The highest BCUT2D eigenvalue weighted by atomic mass is 16.5. The molecule has 0 saturated carbocycles. The summed E-state index contributed by atoms with van der Waals surface area (Å²) < 4.78 is 7.21. The van der Waals surface area contributed by atoms with Crippen molar-refractivity contribution in [3.05, 3.63) is 17.5 Å². The number of morpholine rings is 1. The second-order valence-electron chi connectivity index (χ2n) is 5.51. The lowest BCUT2D eigenvalue weighted by Crippen LogP contribution is -2.49. The quantitative estimate of drug-likeness (QED) is 0.879. The van der Waals surface area contributed by atoms with Crippen LogP contribution in [-0.4, -0.2) is 57.5 Å². The van der Waals surface area contributed by atoms with Gasteiger partial charge in [-0.2, -0.15) is 5.10 Å². The molecule has 21 heavy (non-hydrogen) atoms. The van der Waals surface area contributed by atoms with Gasteiger partial charge in [-0.05, 0) is 19.3 Å². The van der Waals surface area contributed by atoms with Gasteiger partial charge in [0.1, 0.15) is 0 Å². The number of hydrogen-bond donors (Lipinski definition) is 1. The van der Waals surface area contributed by atoms with Crippen LogP contribution >= 0.6 is 0 Å². The van der Waals surface area contributed by atoms with Gasteiger partial charge in [0.25, 0.3) is 5.91 Å². The van der Waals surface area contributed by atoms with Crippen LogP contribution in [-0.2, 0) is 22.5 Å². The number of carboxylic acids is 1. The van der Waals surface area contributed by atoms with Crippen molar-refractivity contribution in [3.8, 4) is 0 Å². The molecule has 1 saturated heterocycles. The summed E-state index contributed by atoms with van der Waals surface area (Å²) in [4.78, 5) is 25.3. The van der Waals surface area contributed by atoms with Crippen LogP contribution in [0.4, 0.5) is 0 Å². The second-order valence-corrected chi connectivity index (χ2v) is 5.51. The zero-order valence-electron chi connectivity index (χ0n) is 11.8. The van der Waals surface area contributed by atoms with Crippen LogP contribution in [0.5, 0.6) is 0 Å². The van der Waals surface area contributed by atoms with Gasteiger partial charge in [0, 0.05) is 13.1 Å². The van der Waals surface area contributed by atoms with E-state index < -0.39 is 12.0 Å². The fourth-order valence-corrected chi connectivity index (χ4v) is 3.05. The highest BCUT2D eigenvalue weighted by molar-refractivity contribution is 5.95. The molecule has 0 bridgehead atoms. The molecule has 0 aromatic carbocycles. The highest BCUT2D eigenvalue weighted by Gasteiger charge is 2.32. The van der Waals surface area contributed by atoms with Gasteiger partial charge in [-0.15, -0.1) is 0 Å². The molecule has 1 N–H and O–H groups in total. The van der Waals surface area contributed by atoms with Gasteiger partial charge < -0.3 is 14.7 Å². The van der Waals surface area contributed by atoms with Crippen LogP contribution in [0.1, 0.15) is 35.3 Å². The lowest BCUT2D eigenvalue weighted by Gasteiger charge is -2.35. The van der Waals surface area contributed by atoms with E-state index in [9.17, 15) is 9.59 Å². The number of aryl methyl sites for hydroxylation is 1. The molecule has 2 aliphatic heterocycles. The number of nitrogens with zero attached hydrogens (tertiary/aromatic N) is 3. The Balaban J connectivity index is 1.82. The first-order valence-corrected chi connectivity index (χ1v) is 7.32. The molecule has 1 atom stereocenters. The number of carbonyl (C=O) groups is 2. The monoisotopic (exact) mass is 293 g/mol. The fourth-order valence-electron chi connectivity index (χ4n) is 3.05. The molecule has 0 radical (unpaired) electrons. The van der Waals surface area contributed by atoms with Crippen molar-refractivity contribution in [3.63, 3.8) is 0 Å². The third-order valence-corrected chi connectivity index (χ3v) is 4.11. The van der Waals surface area contributed by atoms with Crippen molar-refractivity contribution in [1.29, 1.82) is 0 Å². The average Bonchev–Trinajstić information content (AvgIpc) is 2.90. The minimum atomic E-state index is -0.916. The van der Waals surface area contributed by atoms with E-state index in [2.05, 4.69) is 5.10 Å². The van der Waals surface area contributed by atoms with Gasteiger partial charge in [0.05, 0.1) is 43.1 Å². The molecule has 0 unspecified atom stereocenters. The zero-order valence-corrected chi connectivity index (χ0v) is 11.8. The standard InChI is InChI=1S/C14H19N3O4/c18-13(19)7-10-9-21-6-5-16(10)14(20)11-8-15-17-4-2-1-3-12(11)17/h8,10H,1-7,9H2,(H,18,19)/t10-/m0/s1. The number of rotatable bonds is 3. The number of aliphatic carboxylic acids is 1. The molecule has 0 spiro atoms. The summed E-state index contributed by atoms with van der Waals surface area (Å²) in [5, 5.41) is 13.3. The first-order valence-electron chi connectivity index (χ1n) is 7.32. The molecular weight excluding hydrogens is 274 g/mol. The van der Waals surface area contributed by atoms with E-state index in [0.717, 1.165) is 31.5 Å². The number of carbonyl (C=O) groups excluding carboxylic acids is 1. The summed E-state index contributed by atoms with van der Waals surface area (Å²) in [6.45, 7) is 2.01. The van der Waals surface area contributed by atoms with E-state index in [1.54, 1.807) is 11.1 Å². The van der Waals surface area contributed by atoms with Gasteiger partial charge in [0.2, 0.25) is 0 Å². The zero-order chi connectivity index (χ0) is 14.8. The Kier molecular flexibility index (Phi) is 3.92. The smallest absolute Gasteiger partial charge is 0.305 e. The van der Waals surface area contributed by atoms with Gasteiger partial charge in [-0.3, -0.25) is 14.3 Å². The first-order chi connectivity index (χ1) is 10.2. The maximum atomic E-state index is 12.7. The molecule has 1 aromatic heterocycles. The molecule has 1 fully saturated rings. The summed E-state index contributed by atoms with van der Waals surface area (Å²) in [6.07, 6.45) is 4.54. The molecule has 114 valence electrons. The van der Waals surface area contributed by atoms with E-state index >= 15 is 0 Å². The van der Waals surface area contributed by atoms with Crippen molar-refractivity contribution in [1.82, 2.24) is 14.7 Å². The van der Waals surface area contributed by atoms with Crippen LogP contribution in [0.25, 0.3) is 0 Å². The number of fused-ring (bicyclic) bond motifs is 1. The molecule has 1 aromatic rings. The van der Waals surface area contributed by atoms with Crippen molar-refractivity contribution < 1.29 is 19.4 Å². The molecule has 7 nitrogen and oxygen atoms in total. The fraction of sp³-hybridized carbons (Fsp3) is 0.643. The van der Waals surface area contributed by atoms with Crippen LogP contribution in [0, 0.1) is 0 Å². The Morgan fingerprint density at radius 3 is 3.05 bits per heavy atom. The summed E-state index contributed by atoms with van der Waals surface area (Å²) >= 11 is 0. The predicted molar refractivity (Wildman–Crippen MR) is 73.1 cm³/mol. The highest BCUT2D eigenvalue weighted by Crippen LogP contribution is 2.22. The lowest BCUT2D eigenvalue weighted by atomic mass is 10.0. The van der Waals surface area contributed by atoms with Gasteiger partial charge in [0.15, 0.2) is 0 Å². The van der Waals surface area contributed by atoms with Crippen LogP contribution in [0.3, 0.4) is 0 Å². The maximum Gasteiger partial charge on any atom is 0.305 e. The largest absolute Gasteiger partial charge is 0.481 e. The number of hydrogen-bond acceptors (Lipinski definition) is 4. The van der Waals surface area contributed by atoms with Crippen LogP contribution in [0.15, 0.2) is 6.20 Å². The first kappa shape index (κ1) is 14.1. The Labute approximate surface area is 122 Å². The number of ether oxygens (including phenoxy) is 1. The van der Waals surface area contributed by atoms with E-state index in [0.29, 0.717) is 18.7 Å². The number of carboxylic acid groups (broad SMARTS) is 1. The normalized spacial score (nSPS) is 21.9. The average molecular weight is 293 g/mol. The van der Waals surface area contributed by atoms with Crippen LogP contribution < -0.4 is 0 Å². The van der Waals surface area contributed by atoms with E-state index in [-0.39, 0.29) is 18.9 Å². The van der Waals surface area contributed by atoms with Crippen molar-refractivity contribution in [2.45, 2.75) is 38.3 Å². The summed E-state index contributed by atoms with van der Waals surface area (Å²) in [5.41, 5.74) is 1.60. The molecule has 2 aliphatic rings. The summed E-state index contributed by atoms with van der Waals surface area (Å²) in [5.74, 6) is -1.03. The van der Waals surface area contributed by atoms with Crippen molar-refractivity contribution in [2.24, 2.45) is 0 Å². The molecule has 3 rings (SSSR count). The molecular formula is C14H19N3O4. The summed E-state index contributed by atoms with van der Waals surface area (Å²) in [7, 11) is 0. The van der Waals surface area contributed by atoms with Gasteiger partial charge in [-0.25, -0.2) is 0 Å². The minimum Gasteiger partial charge on any atom is -0.481 e. The second kappa shape index (κ2) is 5.85. The van der Waals surface area contributed by atoms with E-state index in [4.69, 9.17) is 9.84 Å². The third-order valence-electron chi connectivity index (χ3n) is 4.11. The van der Waals surface area contributed by atoms with Crippen molar-refractivity contribution >= 4 is 11.9 Å². The van der Waals surface area contributed by atoms with Crippen LogP contribution in [0.2, 0.25) is 0 Å². The summed E-state index contributed by atoms with van der Waals surface area (Å²) in [6, 6.07) is -0.400. The predicted octanol–water partition coefficient (Wildman–Crippen LogP) is 0.535. The Morgan fingerprint density at radius 2 is 2.24 bits per heavy atom. The Morgan fingerprint density at radius 1 is 1.38 bits per heavy atom. The van der Waals surface area contributed by atoms with E-state index in [1.807, 2.05) is 4.68 Å². The van der Waals surface area contributed by atoms with E-state index in [1.165, 1.54) is 0 Å². The molecule has 0 aliphatic carbocycles. The van der Waals surface area contributed by atoms with Gasteiger partial charge in [-0.1, -0.05) is 0 Å². The topological polar surface area (TPSA) is 84.7 Å². The Bertz CT molecular complexity index is 554. The SMILES string of the molecule is O=C(O)C[C@H]1COCCN1C(=O)c1cnn2c1CCCC2. The number of aromatic nitrogens is 2. The third kappa shape index (κ3) is 2.78. The van der Waals surface area contributed by atoms with Crippen molar-refractivity contribution in [2.75, 3.05) is 19.8 Å². The van der Waals surface area contributed by atoms with Gasteiger partial charge >= 0.3 is 5.97 Å². The number of amides is 1. The molecule has 1 amide bonds. The molecule has 7 heteroatoms.